The van der Waals surface area contributed by atoms with Crippen LogP contribution in [0, 0.1) is 0 Å². The molecule has 1 heterocycles. The van der Waals surface area contributed by atoms with Crippen LogP contribution in [-0.4, -0.2) is 30.5 Å². The van der Waals surface area contributed by atoms with Crippen molar-refractivity contribution in [2.75, 3.05) is 13.2 Å². The van der Waals surface area contributed by atoms with Crippen molar-refractivity contribution >= 4 is 17.7 Å². The molecule has 1 aliphatic rings. The number of aliphatic hydroxyl groups is 1. The summed E-state index contributed by atoms with van der Waals surface area (Å²) in [6.07, 6.45) is -0.726. The Kier molecular flexibility index (Phi) is 3.71. The van der Waals surface area contributed by atoms with E-state index in [9.17, 15) is 4.79 Å². The Bertz CT molecular complexity index is 424. The topological polar surface area (TPSA) is 67.8 Å². The summed E-state index contributed by atoms with van der Waals surface area (Å²) in [7, 11) is 0. The number of amides is 1. The molecule has 1 aliphatic heterocycles. The lowest BCUT2D eigenvalue weighted by molar-refractivity contribution is 0.105. The van der Waals surface area contributed by atoms with E-state index >= 15 is 0 Å². The van der Waals surface area contributed by atoms with Gasteiger partial charge < -0.3 is 19.9 Å². The zero-order valence-electron chi connectivity index (χ0n) is 8.98. The van der Waals surface area contributed by atoms with Crippen LogP contribution >= 0.6 is 11.6 Å². The van der Waals surface area contributed by atoms with Crippen LogP contribution in [0.3, 0.4) is 0 Å². The summed E-state index contributed by atoms with van der Waals surface area (Å²) >= 11 is 5.96. The number of hydrogen-bond acceptors (Lipinski definition) is 4. The van der Waals surface area contributed by atoms with Crippen molar-refractivity contribution in [3.8, 4) is 5.75 Å². The summed E-state index contributed by atoms with van der Waals surface area (Å²) in [6.45, 7) is 0.617. The monoisotopic (exact) mass is 257 g/mol. The average molecular weight is 258 g/mol. The lowest BCUT2D eigenvalue weighted by Gasteiger charge is -2.11. The minimum absolute atomic E-state index is 0.0653. The smallest absolute Gasteiger partial charge is 0.407 e. The van der Waals surface area contributed by atoms with Crippen LogP contribution in [0.2, 0.25) is 5.02 Å². The normalized spacial score (nSPS) is 18.7. The lowest BCUT2D eigenvalue weighted by Crippen LogP contribution is -2.22. The van der Waals surface area contributed by atoms with Crippen LogP contribution in [0.15, 0.2) is 18.2 Å². The van der Waals surface area contributed by atoms with E-state index in [4.69, 9.17) is 26.2 Å². The van der Waals surface area contributed by atoms with Gasteiger partial charge in [-0.3, -0.25) is 0 Å². The fourth-order valence-electron chi connectivity index (χ4n) is 1.47. The maximum absolute atomic E-state index is 10.8. The first-order chi connectivity index (χ1) is 8.19. The largest absolute Gasteiger partial charge is 0.488 e. The van der Waals surface area contributed by atoms with Crippen LogP contribution in [-0.2, 0) is 11.3 Å². The average Bonchev–Trinajstić information content (AvgIpc) is 2.73. The zero-order chi connectivity index (χ0) is 12.3. The third kappa shape index (κ3) is 3.01. The summed E-state index contributed by atoms with van der Waals surface area (Å²) in [5.74, 6) is 0.506. The fourth-order valence-corrected chi connectivity index (χ4v) is 1.72. The minimum atomic E-state index is -0.430. The number of hydrogen-bond donors (Lipinski definition) is 2. The molecule has 1 aromatic rings. The molecule has 1 aromatic carbocycles. The van der Waals surface area contributed by atoms with E-state index in [0.717, 1.165) is 5.56 Å². The third-order valence-electron chi connectivity index (χ3n) is 2.35. The van der Waals surface area contributed by atoms with Gasteiger partial charge in [-0.05, 0) is 17.7 Å². The number of carbonyl (C=O) groups excluding carboxylic acids is 1. The first kappa shape index (κ1) is 12.0. The highest BCUT2D eigenvalue weighted by Gasteiger charge is 2.23. The molecule has 1 atom stereocenters. The van der Waals surface area contributed by atoms with Gasteiger partial charge in [0.05, 0.1) is 18.2 Å². The maximum atomic E-state index is 10.8. The Balaban J connectivity index is 1.92. The maximum Gasteiger partial charge on any atom is 0.407 e. The molecule has 0 aromatic heterocycles. The molecule has 6 heteroatoms. The Morgan fingerprint density at radius 1 is 1.59 bits per heavy atom. The van der Waals surface area contributed by atoms with E-state index in [0.29, 0.717) is 17.3 Å². The van der Waals surface area contributed by atoms with Crippen molar-refractivity contribution < 1.29 is 19.4 Å². The standard InChI is InChI=1S/C11H12ClNO4/c12-9-3-7(5-14)1-2-10(9)16-6-8-4-13-11(15)17-8/h1-3,8,14H,4-6H2,(H,13,15). The van der Waals surface area contributed by atoms with Gasteiger partial charge in [0.1, 0.15) is 12.4 Å². The predicted molar refractivity (Wildman–Crippen MR) is 61.1 cm³/mol. The molecule has 2 rings (SSSR count). The van der Waals surface area contributed by atoms with Crippen molar-refractivity contribution in [3.63, 3.8) is 0 Å². The molecule has 0 saturated carbocycles. The quantitative estimate of drug-likeness (QED) is 0.854. The molecule has 0 spiro atoms. The molecule has 92 valence electrons. The second kappa shape index (κ2) is 5.25. The molecule has 0 radical (unpaired) electrons. The number of nitrogens with one attached hydrogen (secondary N) is 1. The molecule has 1 unspecified atom stereocenters. The van der Waals surface area contributed by atoms with Gasteiger partial charge in [0.2, 0.25) is 0 Å². The first-order valence-electron chi connectivity index (χ1n) is 5.15. The van der Waals surface area contributed by atoms with Gasteiger partial charge in [0.25, 0.3) is 0 Å². The lowest BCUT2D eigenvalue weighted by atomic mass is 10.2. The summed E-state index contributed by atoms with van der Waals surface area (Å²) in [5, 5.41) is 11.9. The van der Waals surface area contributed by atoms with E-state index in [-0.39, 0.29) is 19.3 Å². The highest BCUT2D eigenvalue weighted by molar-refractivity contribution is 6.32. The van der Waals surface area contributed by atoms with Gasteiger partial charge in [0, 0.05) is 0 Å². The van der Waals surface area contributed by atoms with Gasteiger partial charge in [-0.25, -0.2) is 4.79 Å². The number of carbonyl (C=O) groups is 1. The number of aliphatic hydroxyl groups excluding tert-OH is 1. The van der Waals surface area contributed by atoms with Crippen LogP contribution in [0.1, 0.15) is 5.56 Å². The Morgan fingerprint density at radius 3 is 3.00 bits per heavy atom. The SMILES string of the molecule is O=C1NCC(COc2ccc(CO)cc2Cl)O1. The van der Waals surface area contributed by atoms with Crippen LogP contribution in [0.25, 0.3) is 0 Å². The Hall–Kier alpha value is -1.46. The zero-order valence-corrected chi connectivity index (χ0v) is 9.74. The van der Waals surface area contributed by atoms with Gasteiger partial charge in [0.15, 0.2) is 6.10 Å². The number of halogens is 1. The summed E-state index contributed by atoms with van der Waals surface area (Å²) < 4.78 is 10.3. The minimum Gasteiger partial charge on any atom is -0.488 e. The fraction of sp³-hybridized carbons (Fsp3) is 0.364. The van der Waals surface area contributed by atoms with E-state index in [1.54, 1.807) is 18.2 Å². The molecule has 0 bridgehead atoms. The van der Waals surface area contributed by atoms with Gasteiger partial charge in [-0.2, -0.15) is 0 Å². The van der Waals surface area contributed by atoms with Crippen molar-refractivity contribution in [2.24, 2.45) is 0 Å². The molecule has 5 nitrogen and oxygen atoms in total. The highest BCUT2D eigenvalue weighted by Crippen LogP contribution is 2.25. The van der Waals surface area contributed by atoms with Crippen molar-refractivity contribution in [1.29, 1.82) is 0 Å². The molecule has 2 N–H and O–H groups in total. The van der Waals surface area contributed by atoms with Gasteiger partial charge in [-0.1, -0.05) is 17.7 Å². The van der Waals surface area contributed by atoms with E-state index < -0.39 is 6.09 Å². The van der Waals surface area contributed by atoms with Crippen LogP contribution < -0.4 is 10.1 Å². The van der Waals surface area contributed by atoms with Crippen molar-refractivity contribution in [1.82, 2.24) is 5.32 Å². The van der Waals surface area contributed by atoms with Crippen molar-refractivity contribution in [2.45, 2.75) is 12.7 Å². The van der Waals surface area contributed by atoms with E-state index in [1.807, 2.05) is 0 Å². The molecular weight excluding hydrogens is 246 g/mol. The molecule has 1 saturated heterocycles. The number of rotatable bonds is 4. The molecule has 0 aliphatic carbocycles. The van der Waals surface area contributed by atoms with Crippen molar-refractivity contribution in [3.05, 3.63) is 28.8 Å². The Morgan fingerprint density at radius 2 is 2.41 bits per heavy atom. The summed E-state index contributed by atoms with van der Waals surface area (Å²) in [4.78, 5) is 10.8. The highest BCUT2D eigenvalue weighted by atomic mass is 35.5. The molecule has 17 heavy (non-hydrogen) atoms. The number of benzene rings is 1. The first-order valence-corrected chi connectivity index (χ1v) is 5.53. The second-order valence-corrected chi connectivity index (χ2v) is 4.05. The second-order valence-electron chi connectivity index (χ2n) is 3.64. The third-order valence-corrected chi connectivity index (χ3v) is 2.65. The van der Waals surface area contributed by atoms with E-state index in [2.05, 4.69) is 5.32 Å². The van der Waals surface area contributed by atoms with E-state index in [1.165, 1.54) is 0 Å². The molecular formula is C11H12ClNO4. The molecule has 1 fully saturated rings. The predicted octanol–water partition coefficient (Wildman–Crippen LogP) is 1.32. The number of cyclic esters (lactones) is 1. The summed E-state index contributed by atoms with van der Waals surface area (Å²) in [6, 6.07) is 5.04. The number of alkyl carbamates (subject to hydrolysis) is 1. The van der Waals surface area contributed by atoms with Crippen LogP contribution in [0.5, 0.6) is 5.75 Å². The number of ether oxygens (including phenoxy) is 2. The molecule has 1 amide bonds. The summed E-state index contributed by atoms with van der Waals surface area (Å²) in [5.41, 5.74) is 0.719. The van der Waals surface area contributed by atoms with Gasteiger partial charge >= 0.3 is 6.09 Å². The Labute approximate surface area is 103 Å². The van der Waals surface area contributed by atoms with Gasteiger partial charge in [-0.15, -0.1) is 0 Å². The van der Waals surface area contributed by atoms with Crippen LogP contribution in [0.4, 0.5) is 4.79 Å².